The summed E-state index contributed by atoms with van der Waals surface area (Å²) in [6.45, 7) is 1.62. The molecule has 4 rings (SSSR count). The average Bonchev–Trinajstić information content (AvgIpc) is 3.19. The monoisotopic (exact) mass is 295 g/mol. The molecule has 22 heavy (non-hydrogen) atoms. The van der Waals surface area contributed by atoms with Crippen LogP contribution in [0.2, 0.25) is 0 Å². The Morgan fingerprint density at radius 1 is 1.41 bits per heavy atom. The van der Waals surface area contributed by atoms with Gasteiger partial charge in [0, 0.05) is 43.7 Å². The topological polar surface area (TPSA) is 64.2 Å². The molecule has 0 aromatic carbocycles. The highest BCUT2D eigenvalue weighted by Crippen LogP contribution is 2.18. The van der Waals surface area contributed by atoms with E-state index < -0.39 is 0 Å². The van der Waals surface area contributed by atoms with Gasteiger partial charge in [0.25, 0.3) is 5.91 Å². The summed E-state index contributed by atoms with van der Waals surface area (Å²) in [5.41, 5.74) is 1.60. The average molecular weight is 295 g/mol. The van der Waals surface area contributed by atoms with Crippen LogP contribution in [0, 0.1) is 5.92 Å². The van der Waals surface area contributed by atoms with E-state index in [0.29, 0.717) is 18.0 Å². The van der Waals surface area contributed by atoms with Crippen LogP contribution >= 0.6 is 0 Å². The molecular weight excluding hydrogens is 278 g/mol. The lowest BCUT2D eigenvalue weighted by molar-refractivity contribution is 0.0943. The Labute approximate surface area is 127 Å². The SMILES string of the molecule is O=C(NCC1CCc2nccn2C1)c1ccn2cncc2c1. The highest BCUT2D eigenvalue weighted by molar-refractivity contribution is 5.95. The number of carbonyl (C=O) groups excluding carboxylic acids is 1. The first kappa shape index (κ1) is 13.1. The number of hydrogen-bond acceptors (Lipinski definition) is 3. The summed E-state index contributed by atoms with van der Waals surface area (Å²) in [5, 5.41) is 3.05. The van der Waals surface area contributed by atoms with E-state index >= 15 is 0 Å². The molecule has 0 saturated carbocycles. The van der Waals surface area contributed by atoms with Crippen molar-refractivity contribution in [3.05, 3.63) is 54.6 Å². The number of aryl methyl sites for hydroxylation is 1. The molecule has 0 spiro atoms. The first-order valence-electron chi connectivity index (χ1n) is 7.49. The molecule has 1 aliphatic heterocycles. The largest absolute Gasteiger partial charge is 0.352 e. The van der Waals surface area contributed by atoms with Gasteiger partial charge >= 0.3 is 0 Å². The molecule has 6 nitrogen and oxygen atoms in total. The van der Waals surface area contributed by atoms with Crippen molar-refractivity contribution < 1.29 is 4.79 Å². The fourth-order valence-corrected chi connectivity index (χ4v) is 3.00. The molecule has 3 aromatic heterocycles. The lowest BCUT2D eigenvalue weighted by atomic mass is 9.99. The van der Waals surface area contributed by atoms with E-state index in [1.165, 1.54) is 0 Å². The third-order valence-corrected chi connectivity index (χ3v) is 4.26. The summed E-state index contributed by atoms with van der Waals surface area (Å²) in [4.78, 5) is 20.7. The second-order valence-corrected chi connectivity index (χ2v) is 5.75. The maximum Gasteiger partial charge on any atom is 0.251 e. The quantitative estimate of drug-likeness (QED) is 0.797. The molecule has 1 atom stereocenters. The number of carbonyl (C=O) groups is 1. The fourth-order valence-electron chi connectivity index (χ4n) is 3.00. The number of hydrogen-bond donors (Lipinski definition) is 1. The van der Waals surface area contributed by atoms with Crippen molar-refractivity contribution in [2.75, 3.05) is 6.54 Å². The Morgan fingerprint density at radius 2 is 2.36 bits per heavy atom. The van der Waals surface area contributed by atoms with Crippen molar-refractivity contribution in [3.8, 4) is 0 Å². The minimum atomic E-state index is -0.0277. The van der Waals surface area contributed by atoms with Crippen LogP contribution in [0.3, 0.4) is 0 Å². The second-order valence-electron chi connectivity index (χ2n) is 5.75. The van der Waals surface area contributed by atoms with E-state index in [1.54, 1.807) is 12.5 Å². The minimum absolute atomic E-state index is 0.0277. The van der Waals surface area contributed by atoms with E-state index in [1.807, 2.05) is 35.1 Å². The van der Waals surface area contributed by atoms with E-state index in [4.69, 9.17) is 0 Å². The van der Waals surface area contributed by atoms with E-state index in [-0.39, 0.29) is 5.91 Å². The van der Waals surface area contributed by atoms with Gasteiger partial charge in [0.15, 0.2) is 0 Å². The van der Waals surface area contributed by atoms with Crippen LogP contribution in [0.15, 0.2) is 43.2 Å². The summed E-state index contributed by atoms with van der Waals surface area (Å²) >= 11 is 0. The molecule has 1 unspecified atom stereocenters. The number of nitrogens with one attached hydrogen (secondary N) is 1. The smallest absolute Gasteiger partial charge is 0.251 e. The Hall–Kier alpha value is -2.63. The molecule has 1 amide bonds. The number of amides is 1. The summed E-state index contributed by atoms with van der Waals surface area (Å²) in [5.74, 6) is 1.58. The van der Waals surface area contributed by atoms with Gasteiger partial charge in [-0.05, 0) is 24.5 Å². The Balaban J connectivity index is 1.40. The maximum absolute atomic E-state index is 12.3. The fraction of sp³-hybridized carbons (Fsp3) is 0.312. The van der Waals surface area contributed by atoms with Crippen molar-refractivity contribution in [2.45, 2.75) is 19.4 Å². The first-order chi connectivity index (χ1) is 10.8. The molecule has 112 valence electrons. The second kappa shape index (κ2) is 5.29. The van der Waals surface area contributed by atoms with E-state index in [2.05, 4.69) is 19.9 Å². The Morgan fingerprint density at radius 3 is 3.32 bits per heavy atom. The van der Waals surface area contributed by atoms with Gasteiger partial charge in [-0.25, -0.2) is 9.97 Å². The minimum Gasteiger partial charge on any atom is -0.352 e. The first-order valence-corrected chi connectivity index (χ1v) is 7.49. The predicted molar refractivity (Wildman–Crippen MR) is 81.6 cm³/mol. The van der Waals surface area contributed by atoms with Gasteiger partial charge in [-0.1, -0.05) is 0 Å². The summed E-state index contributed by atoms with van der Waals surface area (Å²) < 4.78 is 4.07. The number of aromatic nitrogens is 4. The van der Waals surface area contributed by atoms with Crippen LogP contribution in [0.1, 0.15) is 22.6 Å². The van der Waals surface area contributed by atoms with E-state index in [0.717, 1.165) is 30.7 Å². The van der Waals surface area contributed by atoms with Crippen molar-refractivity contribution in [3.63, 3.8) is 0 Å². The van der Waals surface area contributed by atoms with Gasteiger partial charge in [-0.15, -0.1) is 0 Å². The third kappa shape index (κ3) is 2.36. The van der Waals surface area contributed by atoms with Crippen molar-refractivity contribution in [1.29, 1.82) is 0 Å². The number of pyridine rings is 1. The van der Waals surface area contributed by atoms with Crippen molar-refractivity contribution >= 4 is 11.4 Å². The highest BCUT2D eigenvalue weighted by Gasteiger charge is 2.19. The zero-order chi connectivity index (χ0) is 14.9. The Bertz CT molecular complexity index is 819. The summed E-state index contributed by atoms with van der Waals surface area (Å²) in [7, 11) is 0. The number of rotatable bonds is 3. The molecule has 0 aliphatic carbocycles. The molecule has 0 saturated heterocycles. The lowest BCUT2D eigenvalue weighted by Crippen LogP contribution is -2.33. The van der Waals surface area contributed by atoms with E-state index in [9.17, 15) is 4.79 Å². The number of nitrogens with zero attached hydrogens (tertiary/aromatic N) is 4. The molecule has 6 heteroatoms. The van der Waals surface area contributed by atoms with Crippen LogP contribution in [-0.2, 0) is 13.0 Å². The highest BCUT2D eigenvalue weighted by atomic mass is 16.1. The molecule has 0 bridgehead atoms. The van der Waals surface area contributed by atoms with Gasteiger partial charge in [0.05, 0.1) is 18.0 Å². The van der Waals surface area contributed by atoms with Crippen LogP contribution in [0.4, 0.5) is 0 Å². The molecule has 0 fully saturated rings. The molecule has 0 radical (unpaired) electrons. The molecule has 3 aromatic rings. The zero-order valence-electron chi connectivity index (χ0n) is 12.1. The standard InChI is InChI=1S/C16H17N5O/c22-16(13-3-5-21-11-17-9-14(21)7-13)19-8-12-1-2-15-18-4-6-20(15)10-12/h3-7,9,11-12H,1-2,8,10H2,(H,19,22). The van der Waals surface area contributed by atoms with Gasteiger partial charge in [0.2, 0.25) is 0 Å². The van der Waals surface area contributed by atoms with Crippen molar-refractivity contribution in [1.82, 2.24) is 24.3 Å². The Kier molecular flexibility index (Phi) is 3.14. The molecule has 4 heterocycles. The normalized spacial score (nSPS) is 17.4. The van der Waals surface area contributed by atoms with Gasteiger partial charge in [-0.2, -0.15) is 0 Å². The summed E-state index contributed by atoms with van der Waals surface area (Å²) in [6, 6.07) is 3.68. The predicted octanol–water partition coefficient (Wildman–Crippen LogP) is 1.52. The third-order valence-electron chi connectivity index (χ3n) is 4.26. The summed E-state index contributed by atoms with van der Waals surface area (Å²) in [6.07, 6.45) is 11.2. The van der Waals surface area contributed by atoms with Crippen LogP contribution < -0.4 is 5.32 Å². The zero-order valence-corrected chi connectivity index (χ0v) is 12.1. The van der Waals surface area contributed by atoms with Crippen molar-refractivity contribution in [2.24, 2.45) is 5.92 Å². The number of imidazole rings is 2. The molecule has 1 N–H and O–H groups in total. The van der Waals surface area contributed by atoms with Gasteiger partial charge in [0.1, 0.15) is 5.82 Å². The van der Waals surface area contributed by atoms with Crippen LogP contribution in [0.5, 0.6) is 0 Å². The van der Waals surface area contributed by atoms with Crippen LogP contribution in [0.25, 0.3) is 5.52 Å². The van der Waals surface area contributed by atoms with Gasteiger partial charge < -0.3 is 14.3 Å². The van der Waals surface area contributed by atoms with Crippen LogP contribution in [-0.4, -0.2) is 31.4 Å². The van der Waals surface area contributed by atoms with Gasteiger partial charge in [-0.3, -0.25) is 4.79 Å². The molecular formula is C16H17N5O. The lowest BCUT2D eigenvalue weighted by Gasteiger charge is -2.23. The number of fused-ring (bicyclic) bond motifs is 2. The maximum atomic E-state index is 12.3. The molecule has 1 aliphatic rings.